The van der Waals surface area contributed by atoms with Crippen LogP contribution in [0.25, 0.3) is 0 Å². The zero-order valence-electron chi connectivity index (χ0n) is 12.1. The second kappa shape index (κ2) is 6.77. The molecule has 22 heavy (non-hydrogen) atoms. The summed E-state index contributed by atoms with van der Waals surface area (Å²) >= 11 is 11.9. The average Bonchev–Trinajstić information content (AvgIpc) is 2.50. The average molecular weight is 360 g/mol. The summed E-state index contributed by atoms with van der Waals surface area (Å²) in [7, 11) is -2.25. The molecular formula is C15H15Cl2NO3S. The van der Waals surface area contributed by atoms with Crippen molar-refractivity contribution in [2.24, 2.45) is 0 Å². The largest absolute Gasteiger partial charge is 0.497 e. The van der Waals surface area contributed by atoms with Crippen molar-refractivity contribution in [2.45, 2.75) is 11.8 Å². The van der Waals surface area contributed by atoms with Crippen molar-refractivity contribution in [3.8, 4) is 5.75 Å². The summed E-state index contributed by atoms with van der Waals surface area (Å²) in [4.78, 5) is -0.0145. The number of sulfonamides is 1. The normalized spacial score (nSPS) is 11.3. The molecule has 0 spiro atoms. The number of methoxy groups -OCH3 is 1. The van der Waals surface area contributed by atoms with Crippen LogP contribution in [0.1, 0.15) is 6.92 Å². The van der Waals surface area contributed by atoms with Crippen LogP contribution in [-0.4, -0.2) is 22.1 Å². The lowest BCUT2D eigenvalue weighted by atomic mass is 10.3. The molecule has 0 aliphatic carbocycles. The van der Waals surface area contributed by atoms with E-state index in [0.717, 1.165) is 0 Å². The molecule has 118 valence electrons. The molecule has 4 nitrogen and oxygen atoms in total. The van der Waals surface area contributed by atoms with Crippen LogP contribution in [0, 0.1) is 0 Å². The van der Waals surface area contributed by atoms with Crippen molar-refractivity contribution >= 4 is 38.9 Å². The monoisotopic (exact) mass is 359 g/mol. The minimum absolute atomic E-state index is 0.0145. The van der Waals surface area contributed by atoms with Crippen LogP contribution in [0.5, 0.6) is 5.75 Å². The van der Waals surface area contributed by atoms with Gasteiger partial charge in [0.25, 0.3) is 10.0 Å². The number of ether oxygens (including phenoxy) is 1. The second-order valence-corrected chi connectivity index (χ2v) is 7.12. The first-order valence-electron chi connectivity index (χ1n) is 6.52. The molecular weight excluding hydrogens is 345 g/mol. The number of anilines is 1. The van der Waals surface area contributed by atoms with E-state index in [1.54, 1.807) is 44.4 Å². The second-order valence-electron chi connectivity index (χ2n) is 4.44. The van der Waals surface area contributed by atoms with Gasteiger partial charge in [0, 0.05) is 11.6 Å². The first kappa shape index (κ1) is 16.9. The Balaban J connectivity index is 2.50. The quantitative estimate of drug-likeness (QED) is 0.802. The fraction of sp³-hybridized carbons (Fsp3) is 0.200. The molecule has 0 fully saturated rings. The van der Waals surface area contributed by atoms with Gasteiger partial charge in [-0.15, -0.1) is 0 Å². The van der Waals surface area contributed by atoms with Gasteiger partial charge in [0.05, 0.1) is 17.8 Å². The molecule has 2 aromatic rings. The molecule has 0 radical (unpaired) electrons. The van der Waals surface area contributed by atoms with Gasteiger partial charge in [0.2, 0.25) is 0 Å². The van der Waals surface area contributed by atoms with Crippen LogP contribution in [0.4, 0.5) is 5.69 Å². The minimum atomic E-state index is -3.80. The van der Waals surface area contributed by atoms with Gasteiger partial charge < -0.3 is 4.74 Å². The molecule has 0 saturated heterocycles. The van der Waals surface area contributed by atoms with E-state index >= 15 is 0 Å². The molecule has 0 N–H and O–H groups in total. The summed E-state index contributed by atoms with van der Waals surface area (Å²) in [6, 6.07) is 11.1. The van der Waals surface area contributed by atoms with Crippen LogP contribution in [-0.2, 0) is 10.0 Å². The highest BCUT2D eigenvalue weighted by Crippen LogP contribution is 2.31. The van der Waals surface area contributed by atoms with Gasteiger partial charge in [0.15, 0.2) is 0 Å². The van der Waals surface area contributed by atoms with Gasteiger partial charge in [0.1, 0.15) is 10.6 Å². The summed E-state index contributed by atoms with van der Waals surface area (Å²) in [6.07, 6.45) is 0. The summed E-state index contributed by atoms with van der Waals surface area (Å²) in [5, 5.41) is 0.449. The van der Waals surface area contributed by atoms with Crippen molar-refractivity contribution in [2.75, 3.05) is 18.0 Å². The van der Waals surface area contributed by atoms with Crippen molar-refractivity contribution in [1.82, 2.24) is 0 Å². The molecule has 0 unspecified atom stereocenters. The maximum absolute atomic E-state index is 12.8. The Morgan fingerprint density at radius 2 is 1.73 bits per heavy atom. The smallest absolute Gasteiger partial charge is 0.265 e. The van der Waals surface area contributed by atoms with Crippen LogP contribution in [0.2, 0.25) is 10.0 Å². The molecule has 2 aromatic carbocycles. The summed E-state index contributed by atoms with van der Waals surface area (Å²) < 4.78 is 32.0. The fourth-order valence-corrected chi connectivity index (χ4v) is 4.25. The highest BCUT2D eigenvalue weighted by Gasteiger charge is 2.26. The number of hydrogen-bond donors (Lipinski definition) is 0. The topological polar surface area (TPSA) is 46.6 Å². The molecule has 0 saturated carbocycles. The van der Waals surface area contributed by atoms with E-state index in [9.17, 15) is 8.42 Å². The lowest BCUT2D eigenvalue weighted by Gasteiger charge is -2.23. The molecule has 0 aromatic heterocycles. The highest BCUT2D eigenvalue weighted by atomic mass is 35.5. The van der Waals surface area contributed by atoms with Crippen molar-refractivity contribution in [1.29, 1.82) is 0 Å². The lowest BCUT2D eigenvalue weighted by Crippen LogP contribution is -2.31. The van der Waals surface area contributed by atoms with E-state index in [0.29, 0.717) is 16.5 Å². The van der Waals surface area contributed by atoms with Crippen LogP contribution >= 0.6 is 23.2 Å². The highest BCUT2D eigenvalue weighted by molar-refractivity contribution is 7.93. The third-order valence-corrected chi connectivity index (χ3v) is 5.73. The first-order valence-corrected chi connectivity index (χ1v) is 8.71. The Bertz CT molecular complexity index is 761. The first-order chi connectivity index (χ1) is 10.4. The van der Waals surface area contributed by atoms with Crippen molar-refractivity contribution in [3.63, 3.8) is 0 Å². The maximum Gasteiger partial charge on any atom is 0.265 e. The molecule has 0 aliphatic rings. The van der Waals surface area contributed by atoms with Gasteiger partial charge >= 0.3 is 0 Å². The molecule has 0 aliphatic heterocycles. The molecule has 7 heteroatoms. The van der Waals surface area contributed by atoms with E-state index in [1.807, 2.05) is 0 Å². The number of halogens is 2. The Hall–Kier alpha value is -1.43. The van der Waals surface area contributed by atoms with Crippen LogP contribution in [0.15, 0.2) is 47.4 Å². The predicted molar refractivity (Wildman–Crippen MR) is 89.7 cm³/mol. The van der Waals surface area contributed by atoms with E-state index in [-0.39, 0.29) is 16.5 Å². The SMILES string of the molecule is CCN(c1ccc(OC)cc1)S(=O)(=O)c1cc(Cl)ccc1Cl. The third-order valence-electron chi connectivity index (χ3n) is 3.11. The van der Waals surface area contributed by atoms with E-state index < -0.39 is 10.0 Å². The molecule has 0 atom stereocenters. The van der Waals surface area contributed by atoms with Gasteiger partial charge in [-0.3, -0.25) is 4.31 Å². The number of rotatable bonds is 5. The minimum Gasteiger partial charge on any atom is -0.497 e. The summed E-state index contributed by atoms with van der Waals surface area (Å²) in [6.45, 7) is 2.01. The van der Waals surface area contributed by atoms with E-state index in [1.165, 1.54) is 16.4 Å². The van der Waals surface area contributed by atoms with Crippen molar-refractivity contribution in [3.05, 3.63) is 52.5 Å². The fourth-order valence-electron chi connectivity index (χ4n) is 2.03. The molecule has 0 amide bonds. The van der Waals surface area contributed by atoms with E-state index in [2.05, 4.69) is 0 Å². The third kappa shape index (κ3) is 3.32. The van der Waals surface area contributed by atoms with Crippen molar-refractivity contribution < 1.29 is 13.2 Å². The number of benzene rings is 2. The van der Waals surface area contributed by atoms with Crippen LogP contribution < -0.4 is 9.04 Å². The molecule has 2 rings (SSSR count). The lowest BCUT2D eigenvalue weighted by molar-refractivity contribution is 0.415. The standard InChI is InChI=1S/C15H15Cl2NO3S/c1-3-18(12-5-7-13(21-2)8-6-12)22(19,20)15-10-11(16)4-9-14(15)17/h4-10H,3H2,1-2H3. The summed E-state index contributed by atoms with van der Waals surface area (Å²) in [5.74, 6) is 0.651. The number of nitrogens with zero attached hydrogens (tertiary/aromatic N) is 1. The maximum atomic E-state index is 12.8. The van der Waals surface area contributed by atoms with Gasteiger partial charge in [-0.2, -0.15) is 0 Å². The Kier molecular flexibility index (Phi) is 5.21. The zero-order chi connectivity index (χ0) is 16.3. The van der Waals surface area contributed by atoms with Gasteiger partial charge in [-0.1, -0.05) is 23.2 Å². The van der Waals surface area contributed by atoms with E-state index in [4.69, 9.17) is 27.9 Å². The molecule has 0 heterocycles. The zero-order valence-corrected chi connectivity index (χ0v) is 14.4. The summed E-state index contributed by atoms with van der Waals surface area (Å²) in [5.41, 5.74) is 0.527. The van der Waals surface area contributed by atoms with Crippen LogP contribution in [0.3, 0.4) is 0 Å². The molecule has 0 bridgehead atoms. The predicted octanol–water partition coefficient (Wildman–Crippen LogP) is 4.22. The van der Waals surface area contributed by atoms with Gasteiger partial charge in [-0.05, 0) is 49.4 Å². The Morgan fingerprint density at radius 1 is 1.09 bits per heavy atom. The Labute approximate surface area is 140 Å². The Morgan fingerprint density at radius 3 is 2.27 bits per heavy atom. The number of hydrogen-bond acceptors (Lipinski definition) is 3. The van der Waals surface area contributed by atoms with Gasteiger partial charge in [-0.25, -0.2) is 8.42 Å².